The molecule has 20 heavy (non-hydrogen) atoms. The summed E-state index contributed by atoms with van der Waals surface area (Å²) in [6.45, 7) is 6.75. The van der Waals surface area contributed by atoms with E-state index < -0.39 is 0 Å². The number of nitrogens with zero attached hydrogens (tertiary/aromatic N) is 2. The van der Waals surface area contributed by atoms with Gasteiger partial charge in [0.1, 0.15) is 0 Å². The van der Waals surface area contributed by atoms with Crippen LogP contribution in [0, 0.1) is 0 Å². The Balaban J connectivity index is 1.39. The first-order chi connectivity index (χ1) is 9.92. The minimum Gasteiger partial charge on any atom is -0.379 e. The van der Waals surface area contributed by atoms with Crippen molar-refractivity contribution < 1.29 is 4.74 Å². The number of aliphatic imine (C=N–C) groups is 1. The van der Waals surface area contributed by atoms with E-state index in [1.54, 1.807) is 0 Å². The number of ether oxygens (including phenoxy) is 1. The zero-order valence-electron chi connectivity index (χ0n) is 11.6. The minimum atomic E-state index is 0.474. The standard InChI is InChI=1S/C15H21N3OS/c1-2-4-13(5-3-1)14-12-17-15(20-14)16-6-7-18-8-10-19-11-9-18/h1-5,14H,6-12H2,(H,16,17). The van der Waals surface area contributed by atoms with Gasteiger partial charge in [-0.2, -0.15) is 0 Å². The van der Waals surface area contributed by atoms with E-state index in [4.69, 9.17) is 4.74 Å². The molecule has 108 valence electrons. The second-order valence-electron chi connectivity index (χ2n) is 5.04. The van der Waals surface area contributed by atoms with Crippen LogP contribution in [0.3, 0.4) is 0 Å². The molecule has 1 fully saturated rings. The van der Waals surface area contributed by atoms with Crippen LogP contribution in [0.4, 0.5) is 0 Å². The molecule has 2 aliphatic rings. The van der Waals surface area contributed by atoms with E-state index in [1.807, 2.05) is 11.8 Å². The molecule has 0 spiro atoms. The van der Waals surface area contributed by atoms with Gasteiger partial charge in [-0.05, 0) is 5.56 Å². The SMILES string of the molecule is c1ccc(C2CN=C(NCCN3CCOCC3)S2)cc1. The number of benzene rings is 1. The number of morpholine rings is 1. The summed E-state index contributed by atoms with van der Waals surface area (Å²) >= 11 is 1.85. The fourth-order valence-corrected chi connectivity index (χ4v) is 3.51. The molecule has 1 aromatic carbocycles. The van der Waals surface area contributed by atoms with Crippen molar-refractivity contribution in [2.45, 2.75) is 5.25 Å². The number of hydrogen-bond donors (Lipinski definition) is 1. The van der Waals surface area contributed by atoms with Crippen molar-refractivity contribution in [1.82, 2.24) is 10.2 Å². The third-order valence-corrected chi connectivity index (χ3v) is 4.84. The summed E-state index contributed by atoms with van der Waals surface area (Å²) in [7, 11) is 0. The average Bonchev–Trinajstić information content (AvgIpc) is 2.98. The maximum absolute atomic E-state index is 5.35. The average molecular weight is 291 g/mol. The first-order valence-electron chi connectivity index (χ1n) is 7.22. The second kappa shape index (κ2) is 7.11. The van der Waals surface area contributed by atoms with E-state index in [2.05, 4.69) is 45.5 Å². The second-order valence-corrected chi connectivity index (χ2v) is 6.24. The Morgan fingerprint density at radius 3 is 2.85 bits per heavy atom. The van der Waals surface area contributed by atoms with Gasteiger partial charge in [0.2, 0.25) is 0 Å². The molecule has 0 bridgehead atoms. The van der Waals surface area contributed by atoms with Crippen LogP contribution in [0.2, 0.25) is 0 Å². The highest BCUT2D eigenvalue weighted by Crippen LogP contribution is 2.33. The summed E-state index contributed by atoms with van der Waals surface area (Å²) in [5.41, 5.74) is 1.37. The Bertz CT molecular complexity index is 446. The van der Waals surface area contributed by atoms with Crippen LogP contribution in [0.25, 0.3) is 0 Å². The lowest BCUT2D eigenvalue weighted by Crippen LogP contribution is -2.40. The first-order valence-corrected chi connectivity index (χ1v) is 8.10. The van der Waals surface area contributed by atoms with E-state index in [0.29, 0.717) is 5.25 Å². The molecule has 2 aliphatic heterocycles. The number of amidine groups is 1. The molecule has 1 atom stereocenters. The largest absolute Gasteiger partial charge is 0.379 e. The molecule has 0 aliphatic carbocycles. The van der Waals surface area contributed by atoms with Crippen molar-refractivity contribution in [1.29, 1.82) is 0 Å². The molecular weight excluding hydrogens is 270 g/mol. The Hall–Kier alpha value is -1.04. The summed E-state index contributed by atoms with van der Waals surface area (Å²) < 4.78 is 5.35. The minimum absolute atomic E-state index is 0.474. The predicted molar refractivity (Wildman–Crippen MR) is 84.3 cm³/mol. The van der Waals surface area contributed by atoms with Crippen molar-refractivity contribution in [2.75, 3.05) is 45.9 Å². The van der Waals surface area contributed by atoms with E-state index in [1.165, 1.54) is 5.56 Å². The summed E-state index contributed by atoms with van der Waals surface area (Å²) in [5.74, 6) is 0. The first kappa shape index (κ1) is 13.9. The zero-order chi connectivity index (χ0) is 13.6. The van der Waals surface area contributed by atoms with Crippen molar-refractivity contribution in [3.8, 4) is 0 Å². The summed E-state index contributed by atoms with van der Waals surface area (Å²) in [4.78, 5) is 7.04. The van der Waals surface area contributed by atoms with E-state index in [9.17, 15) is 0 Å². The lowest BCUT2D eigenvalue weighted by atomic mass is 10.1. The number of rotatable bonds is 4. The fourth-order valence-electron chi connectivity index (χ4n) is 2.46. The van der Waals surface area contributed by atoms with Crippen molar-refractivity contribution in [3.05, 3.63) is 35.9 Å². The maximum Gasteiger partial charge on any atom is 0.157 e. The van der Waals surface area contributed by atoms with Crippen LogP contribution >= 0.6 is 11.8 Å². The van der Waals surface area contributed by atoms with Crippen LogP contribution < -0.4 is 5.32 Å². The van der Waals surface area contributed by atoms with Gasteiger partial charge in [0, 0.05) is 26.2 Å². The van der Waals surface area contributed by atoms with Crippen molar-refractivity contribution >= 4 is 16.9 Å². The molecule has 1 aromatic rings. The quantitative estimate of drug-likeness (QED) is 0.917. The lowest BCUT2D eigenvalue weighted by Gasteiger charge is -2.26. The van der Waals surface area contributed by atoms with E-state index >= 15 is 0 Å². The highest BCUT2D eigenvalue weighted by molar-refractivity contribution is 8.14. The van der Waals surface area contributed by atoms with E-state index in [0.717, 1.165) is 51.1 Å². The van der Waals surface area contributed by atoms with Crippen LogP contribution in [-0.4, -0.2) is 56.0 Å². The molecular formula is C15H21N3OS. The summed E-state index contributed by atoms with van der Waals surface area (Å²) in [6.07, 6.45) is 0. The van der Waals surface area contributed by atoms with Crippen LogP contribution in [0.5, 0.6) is 0 Å². The van der Waals surface area contributed by atoms with Crippen molar-refractivity contribution in [2.24, 2.45) is 4.99 Å². The molecule has 5 heteroatoms. The highest BCUT2D eigenvalue weighted by Gasteiger charge is 2.21. The topological polar surface area (TPSA) is 36.9 Å². The molecule has 3 rings (SSSR count). The maximum atomic E-state index is 5.35. The van der Waals surface area contributed by atoms with Crippen LogP contribution in [0.15, 0.2) is 35.3 Å². The Morgan fingerprint density at radius 1 is 1.25 bits per heavy atom. The zero-order valence-corrected chi connectivity index (χ0v) is 12.4. The highest BCUT2D eigenvalue weighted by atomic mass is 32.2. The smallest absolute Gasteiger partial charge is 0.157 e. The Morgan fingerprint density at radius 2 is 2.05 bits per heavy atom. The normalized spacial score (nSPS) is 23.6. The van der Waals surface area contributed by atoms with Gasteiger partial charge >= 0.3 is 0 Å². The van der Waals surface area contributed by atoms with Gasteiger partial charge in [0.05, 0.1) is 25.0 Å². The number of thioether (sulfide) groups is 1. The molecule has 1 unspecified atom stereocenters. The number of nitrogens with one attached hydrogen (secondary N) is 1. The van der Waals surface area contributed by atoms with Crippen molar-refractivity contribution in [3.63, 3.8) is 0 Å². The van der Waals surface area contributed by atoms with Gasteiger partial charge in [0.25, 0.3) is 0 Å². The summed E-state index contributed by atoms with van der Waals surface area (Å²) in [6, 6.07) is 10.6. The lowest BCUT2D eigenvalue weighted by molar-refractivity contribution is 0.0389. The molecule has 2 heterocycles. The van der Waals surface area contributed by atoms with Gasteiger partial charge < -0.3 is 10.1 Å². The molecule has 1 saturated heterocycles. The van der Waals surface area contributed by atoms with Crippen LogP contribution in [0.1, 0.15) is 10.8 Å². The fraction of sp³-hybridized carbons (Fsp3) is 0.533. The van der Waals surface area contributed by atoms with Gasteiger partial charge in [-0.3, -0.25) is 9.89 Å². The number of hydrogen-bond acceptors (Lipinski definition) is 5. The van der Waals surface area contributed by atoms with Gasteiger partial charge in [0.15, 0.2) is 5.17 Å². The molecule has 0 aromatic heterocycles. The third-order valence-electron chi connectivity index (χ3n) is 3.63. The monoisotopic (exact) mass is 291 g/mol. The summed E-state index contributed by atoms with van der Waals surface area (Å²) in [5, 5.41) is 5.02. The molecule has 1 N–H and O–H groups in total. The van der Waals surface area contributed by atoms with Gasteiger partial charge in [-0.25, -0.2) is 0 Å². The van der Waals surface area contributed by atoms with E-state index in [-0.39, 0.29) is 0 Å². The predicted octanol–water partition coefficient (Wildman–Crippen LogP) is 1.75. The van der Waals surface area contributed by atoms with Gasteiger partial charge in [-0.15, -0.1) is 0 Å². The Kier molecular flexibility index (Phi) is 4.95. The third kappa shape index (κ3) is 3.75. The molecule has 4 nitrogen and oxygen atoms in total. The van der Waals surface area contributed by atoms with Crippen LogP contribution in [-0.2, 0) is 4.74 Å². The molecule has 0 saturated carbocycles. The molecule has 0 amide bonds. The Labute approximate surface area is 124 Å². The molecule has 0 radical (unpaired) electrons. The van der Waals surface area contributed by atoms with Gasteiger partial charge in [-0.1, -0.05) is 42.1 Å².